The van der Waals surface area contributed by atoms with Crippen LogP contribution in [-0.2, 0) is 7.05 Å². The molecule has 0 atom stereocenters. The number of piperidine rings is 1. The first-order valence-electron chi connectivity index (χ1n) is 11.5. The first kappa shape index (κ1) is 20.6. The van der Waals surface area contributed by atoms with Crippen molar-refractivity contribution in [2.24, 2.45) is 7.05 Å². The number of nitrogens with zero attached hydrogens (tertiary/aromatic N) is 6. The highest BCUT2D eigenvalue weighted by molar-refractivity contribution is 6.02. The summed E-state index contributed by atoms with van der Waals surface area (Å²) in [5.74, 6) is -0.0663. The summed E-state index contributed by atoms with van der Waals surface area (Å²) in [4.78, 5) is 23.4. The summed E-state index contributed by atoms with van der Waals surface area (Å²) in [5, 5.41) is 12.9. The Morgan fingerprint density at radius 3 is 2.74 bits per heavy atom. The SMILES string of the molecule is CN1CCC(NC(=O)c2cnn3ccc(-c4c[nH]c5nc(-c6cnn(C)c6)ccc45)cc23)CC1. The van der Waals surface area contributed by atoms with Crippen molar-refractivity contribution in [1.29, 1.82) is 0 Å². The van der Waals surface area contributed by atoms with Gasteiger partial charge in [0.15, 0.2) is 0 Å². The van der Waals surface area contributed by atoms with Crippen molar-refractivity contribution in [2.75, 3.05) is 20.1 Å². The Bertz CT molecular complexity index is 1500. The van der Waals surface area contributed by atoms with Gasteiger partial charge in [-0.05, 0) is 62.8 Å². The second kappa shape index (κ2) is 8.11. The van der Waals surface area contributed by atoms with Gasteiger partial charge in [0, 0.05) is 48.2 Å². The standard InChI is InChI=1S/C25H26N8O/c1-31-8-6-18(7-9-31)29-25(34)21-14-28-33-10-5-16(11-23(21)33)20-13-26-24-19(20)3-4-22(30-24)17-12-27-32(2)15-17/h3-5,10-15,18H,6-9H2,1-2H3,(H,26,30)(H,29,34). The highest BCUT2D eigenvalue weighted by atomic mass is 16.1. The smallest absolute Gasteiger partial charge is 0.255 e. The van der Waals surface area contributed by atoms with Gasteiger partial charge >= 0.3 is 0 Å². The van der Waals surface area contributed by atoms with Gasteiger partial charge in [0.05, 0.1) is 29.2 Å². The molecule has 172 valence electrons. The number of aryl methyl sites for hydroxylation is 1. The van der Waals surface area contributed by atoms with Crippen LogP contribution in [-0.4, -0.2) is 66.3 Å². The van der Waals surface area contributed by atoms with Gasteiger partial charge in [-0.15, -0.1) is 0 Å². The number of hydrogen-bond acceptors (Lipinski definition) is 5. The second-order valence-corrected chi connectivity index (χ2v) is 9.05. The number of amides is 1. The highest BCUT2D eigenvalue weighted by Gasteiger charge is 2.21. The van der Waals surface area contributed by atoms with Gasteiger partial charge in [-0.3, -0.25) is 9.48 Å². The van der Waals surface area contributed by atoms with Crippen molar-refractivity contribution >= 4 is 22.5 Å². The Kier molecular flexibility index (Phi) is 4.91. The van der Waals surface area contributed by atoms with Gasteiger partial charge in [0.1, 0.15) is 5.65 Å². The van der Waals surface area contributed by atoms with Crippen molar-refractivity contribution in [3.8, 4) is 22.4 Å². The molecular formula is C25H26N8O. The highest BCUT2D eigenvalue weighted by Crippen LogP contribution is 2.31. The van der Waals surface area contributed by atoms with Crippen LogP contribution < -0.4 is 5.32 Å². The molecule has 1 aliphatic heterocycles. The van der Waals surface area contributed by atoms with Crippen LogP contribution in [0.3, 0.4) is 0 Å². The van der Waals surface area contributed by atoms with Gasteiger partial charge in [-0.1, -0.05) is 0 Å². The molecule has 2 N–H and O–H groups in total. The topological polar surface area (TPSA) is 96.1 Å². The van der Waals surface area contributed by atoms with Crippen LogP contribution in [0.2, 0.25) is 0 Å². The normalized spacial score (nSPS) is 15.4. The summed E-state index contributed by atoms with van der Waals surface area (Å²) in [6, 6.07) is 8.32. The first-order chi connectivity index (χ1) is 16.5. The Labute approximate surface area is 196 Å². The lowest BCUT2D eigenvalue weighted by Gasteiger charge is -2.29. The molecule has 1 fully saturated rings. The van der Waals surface area contributed by atoms with Crippen LogP contribution >= 0.6 is 0 Å². The minimum atomic E-state index is -0.0663. The van der Waals surface area contributed by atoms with Crippen LogP contribution in [0.4, 0.5) is 0 Å². The number of rotatable bonds is 4. The number of hydrogen-bond donors (Lipinski definition) is 2. The molecule has 6 heterocycles. The fourth-order valence-electron chi connectivity index (χ4n) is 4.70. The lowest BCUT2D eigenvalue weighted by Crippen LogP contribution is -2.43. The summed E-state index contributed by atoms with van der Waals surface area (Å²) in [5.41, 5.74) is 6.07. The van der Waals surface area contributed by atoms with E-state index in [4.69, 9.17) is 4.98 Å². The van der Waals surface area contributed by atoms with E-state index >= 15 is 0 Å². The molecule has 5 aromatic heterocycles. The third kappa shape index (κ3) is 3.63. The van der Waals surface area contributed by atoms with Crippen molar-refractivity contribution in [2.45, 2.75) is 18.9 Å². The largest absolute Gasteiger partial charge is 0.349 e. The summed E-state index contributed by atoms with van der Waals surface area (Å²) >= 11 is 0. The zero-order chi connectivity index (χ0) is 23.2. The zero-order valence-electron chi connectivity index (χ0n) is 19.2. The molecule has 1 aliphatic rings. The molecule has 0 aromatic carbocycles. The Morgan fingerprint density at radius 2 is 1.94 bits per heavy atom. The van der Waals surface area contributed by atoms with E-state index < -0.39 is 0 Å². The Morgan fingerprint density at radius 1 is 1.09 bits per heavy atom. The number of likely N-dealkylation sites (tertiary alicyclic amines) is 1. The van der Waals surface area contributed by atoms with E-state index in [0.29, 0.717) is 5.56 Å². The first-order valence-corrected chi connectivity index (χ1v) is 11.5. The van der Waals surface area contributed by atoms with E-state index in [-0.39, 0.29) is 11.9 Å². The molecule has 0 saturated carbocycles. The van der Waals surface area contributed by atoms with Gasteiger partial charge < -0.3 is 15.2 Å². The van der Waals surface area contributed by atoms with Crippen molar-refractivity contribution in [3.05, 3.63) is 60.8 Å². The average Bonchev–Trinajstić information content (AvgIpc) is 3.57. The summed E-state index contributed by atoms with van der Waals surface area (Å²) in [7, 11) is 4.01. The molecule has 6 rings (SSSR count). The molecule has 1 saturated heterocycles. The lowest BCUT2D eigenvalue weighted by molar-refractivity contribution is 0.0918. The molecular weight excluding hydrogens is 428 g/mol. The van der Waals surface area contributed by atoms with Gasteiger partial charge in [0.2, 0.25) is 0 Å². The van der Waals surface area contributed by atoms with E-state index in [1.165, 1.54) is 0 Å². The quantitative estimate of drug-likeness (QED) is 0.435. The van der Waals surface area contributed by atoms with Crippen molar-refractivity contribution in [1.82, 2.24) is 39.6 Å². The number of carbonyl (C=O) groups is 1. The predicted molar refractivity (Wildman–Crippen MR) is 130 cm³/mol. The molecule has 0 spiro atoms. The fourth-order valence-corrected chi connectivity index (χ4v) is 4.70. The van der Waals surface area contributed by atoms with Crippen LogP contribution in [0.15, 0.2) is 55.2 Å². The van der Waals surface area contributed by atoms with E-state index in [1.807, 2.05) is 50.0 Å². The van der Waals surface area contributed by atoms with E-state index in [1.54, 1.807) is 15.4 Å². The maximum Gasteiger partial charge on any atom is 0.255 e. The Balaban J connectivity index is 1.31. The Hall–Kier alpha value is -3.98. The molecule has 0 unspecified atom stereocenters. The van der Waals surface area contributed by atoms with Gasteiger partial charge in [-0.2, -0.15) is 10.2 Å². The molecule has 5 aromatic rings. The average molecular weight is 455 g/mol. The number of pyridine rings is 2. The monoisotopic (exact) mass is 454 g/mol. The van der Waals surface area contributed by atoms with E-state index in [0.717, 1.165) is 64.9 Å². The predicted octanol–water partition coefficient (Wildman–Crippen LogP) is 3.10. The lowest BCUT2D eigenvalue weighted by atomic mass is 10.0. The maximum absolute atomic E-state index is 13.1. The van der Waals surface area contributed by atoms with Crippen molar-refractivity contribution < 1.29 is 4.79 Å². The van der Waals surface area contributed by atoms with Gasteiger partial charge in [-0.25, -0.2) is 9.50 Å². The third-order valence-corrected chi connectivity index (χ3v) is 6.67. The summed E-state index contributed by atoms with van der Waals surface area (Å²) in [6.07, 6.45) is 11.2. The van der Waals surface area contributed by atoms with E-state index in [2.05, 4.69) is 38.5 Å². The minimum Gasteiger partial charge on any atom is -0.349 e. The number of fused-ring (bicyclic) bond motifs is 2. The van der Waals surface area contributed by atoms with Crippen LogP contribution in [0.5, 0.6) is 0 Å². The minimum absolute atomic E-state index is 0.0663. The van der Waals surface area contributed by atoms with Gasteiger partial charge in [0.25, 0.3) is 5.91 Å². The molecule has 0 radical (unpaired) electrons. The molecule has 9 nitrogen and oxygen atoms in total. The summed E-state index contributed by atoms with van der Waals surface area (Å²) < 4.78 is 3.52. The molecule has 1 amide bonds. The number of aromatic amines is 1. The van der Waals surface area contributed by atoms with Crippen LogP contribution in [0.25, 0.3) is 38.9 Å². The maximum atomic E-state index is 13.1. The van der Waals surface area contributed by atoms with Crippen LogP contribution in [0, 0.1) is 0 Å². The molecule has 0 aliphatic carbocycles. The number of H-pyrrole nitrogens is 1. The molecule has 9 heteroatoms. The third-order valence-electron chi connectivity index (χ3n) is 6.67. The van der Waals surface area contributed by atoms with Crippen molar-refractivity contribution in [3.63, 3.8) is 0 Å². The number of nitrogens with one attached hydrogen (secondary N) is 2. The van der Waals surface area contributed by atoms with E-state index in [9.17, 15) is 4.79 Å². The molecule has 0 bridgehead atoms. The number of aromatic nitrogens is 6. The fraction of sp³-hybridized carbons (Fsp3) is 0.280. The summed E-state index contributed by atoms with van der Waals surface area (Å²) in [6.45, 7) is 2.00. The second-order valence-electron chi connectivity index (χ2n) is 9.05. The molecule has 34 heavy (non-hydrogen) atoms. The zero-order valence-corrected chi connectivity index (χ0v) is 19.2. The van der Waals surface area contributed by atoms with Crippen LogP contribution in [0.1, 0.15) is 23.2 Å². The number of carbonyl (C=O) groups excluding carboxylic acids is 1.